The van der Waals surface area contributed by atoms with Crippen LogP contribution < -0.4 is 0 Å². The molecule has 1 unspecified atom stereocenters. The van der Waals surface area contributed by atoms with Gasteiger partial charge >= 0.3 is 0 Å². The maximum Gasteiger partial charge on any atom is 0.226 e. The van der Waals surface area contributed by atoms with E-state index < -0.39 is 5.60 Å². The van der Waals surface area contributed by atoms with Crippen LogP contribution in [0.1, 0.15) is 61.9 Å². The lowest BCUT2D eigenvalue weighted by molar-refractivity contribution is -0.134. The number of likely N-dealkylation sites (tertiary alicyclic amines) is 1. The number of carbonyl (C=O) groups excluding carboxylic acids is 2. The molecular formula is C26H30ClNO3. The molecule has 4 rings (SSSR count). The molecule has 0 bridgehead atoms. The van der Waals surface area contributed by atoms with Gasteiger partial charge in [-0.25, -0.2) is 0 Å². The van der Waals surface area contributed by atoms with Crippen LogP contribution in [0.3, 0.4) is 0 Å². The van der Waals surface area contributed by atoms with Crippen molar-refractivity contribution in [3.8, 4) is 11.1 Å². The molecule has 1 atom stereocenters. The Bertz CT molecular complexity index is 990. The minimum Gasteiger partial charge on any atom is -0.390 e. The molecule has 2 aliphatic rings. The summed E-state index contributed by atoms with van der Waals surface area (Å²) in [4.78, 5) is 26.8. The van der Waals surface area contributed by atoms with Crippen LogP contribution in [-0.2, 0) is 11.2 Å². The second-order valence-electron chi connectivity index (χ2n) is 9.39. The number of halogens is 1. The van der Waals surface area contributed by atoms with Crippen LogP contribution >= 0.6 is 11.6 Å². The summed E-state index contributed by atoms with van der Waals surface area (Å²) in [6, 6.07) is 13.7. The Morgan fingerprint density at radius 1 is 1.13 bits per heavy atom. The van der Waals surface area contributed by atoms with E-state index in [1.54, 1.807) is 6.92 Å². The van der Waals surface area contributed by atoms with Crippen LogP contribution in [0.15, 0.2) is 42.5 Å². The van der Waals surface area contributed by atoms with Gasteiger partial charge in [-0.3, -0.25) is 9.59 Å². The normalized spacial score (nSPS) is 26.3. The molecule has 31 heavy (non-hydrogen) atoms. The van der Waals surface area contributed by atoms with Crippen molar-refractivity contribution in [2.24, 2.45) is 5.92 Å². The number of amides is 1. The number of nitrogens with zero attached hydrogens (tertiary/aromatic N) is 1. The number of carbonyl (C=O) groups is 2. The average molecular weight is 440 g/mol. The number of aliphatic hydroxyl groups is 1. The third kappa shape index (κ3) is 4.86. The van der Waals surface area contributed by atoms with Crippen LogP contribution in [-0.4, -0.2) is 39.9 Å². The van der Waals surface area contributed by atoms with Crippen molar-refractivity contribution >= 4 is 23.3 Å². The molecule has 0 spiro atoms. The minimum absolute atomic E-state index is 0.0353. The highest BCUT2D eigenvalue weighted by atomic mass is 35.5. The van der Waals surface area contributed by atoms with Gasteiger partial charge in [0.2, 0.25) is 5.91 Å². The summed E-state index contributed by atoms with van der Waals surface area (Å²) in [7, 11) is 0. The van der Waals surface area contributed by atoms with E-state index >= 15 is 0 Å². The Balaban J connectivity index is 1.44. The highest BCUT2D eigenvalue weighted by molar-refractivity contribution is 6.31. The molecule has 1 aliphatic carbocycles. The number of benzene rings is 2. The highest BCUT2D eigenvalue weighted by Gasteiger charge is 2.39. The molecule has 2 aromatic carbocycles. The third-order valence-corrected chi connectivity index (χ3v) is 7.30. The lowest BCUT2D eigenvalue weighted by Crippen LogP contribution is -2.43. The predicted octanol–water partition coefficient (Wildman–Crippen LogP) is 5.29. The molecule has 1 saturated carbocycles. The Morgan fingerprint density at radius 3 is 2.52 bits per heavy atom. The Hall–Kier alpha value is -2.17. The Kier molecular flexibility index (Phi) is 6.23. The van der Waals surface area contributed by atoms with E-state index in [4.69, 9.17) is 11.6 Å². The number of rotatable bonds is 5. The zero-order valence-electron chi connectivity index (χ0n) is 18.2. The Labute approximate surface area is 189 Å². The predicted molar refractivity (Wildman–Crippen MR) is 123 cm³/mol. The lowest BCUT2D eigenvalue weighted by Gasteiger charge is -2.37. The fourth-order valence-electron chi connectivity index (χ4n) is 4.93. The molecule has 5 heteroatoms. The summed E-state index contributed by atoms with van der Waals surface area (Å²) in [5.41, 5.74) is 3.00. The average Bonchev–Trinajstić information content (AvgIpc) is 3.10. The molecule has 1 N–H and O–H groups in total. The lowest BCUT2D eigenvalue weighted by atomic mass is 9.83. The number of hydrogen-bond acceptors (Lipinski definition) is 3. The highest BCUT2D eigenvalue weighted by Crippen LogP contribution is 2.35. The van der Waals surface area contributed by atoms with Crippen molar-refractivity contribution in [2.45, 2.75) is 64.0 Å². The summed E-state index contributed by atoms with van der Waals surface area (Å²) in [6.07, 6.45) is 4.76. The van der Waals surface area contributed by atoms with E-state index in [2.05, 4.69) is 0 Å². The van der Waals surface area contributed by atoms with Crippen molar-refractivity contribution in [1.29, 1.82) is 0 Å². The van der Waals surface area contributed by atoms with Crippen LogP contribution in [0.4, 0.5) is 0 Å². The van der Waals surface area contributed by atoms with E-state index in [0.29, 0.717) is 17.0 Å². The van der Waals surface area contributed by atoms with Gasteiger partial charge in [0, 0.05) is 29.1 Å². The van der Waals surface area contributed by atoms with Gasteiger partial charge in [-0.15, -0.1) is 0 Å². The molecule has 4 nitrogen and oxygen atoms in total. The van der Waals surface area contributed by atoms with E-state index in [0.717, 1.165) is 55.3 Å². The fourth-order valence-corrected chi connectivity index (χ4v) is 5.18. The Morgan fingerprint density at radius 2 is 1.84 bits per heavy atom. The molecule has 1 amide bonds. The van der Waals surface area contributed by atoms with Gasteiger partial charge in [-0.2, -0.15) is 0 Å². The second kappa shape index (κ2) is 8.76. The molecule has 0 radical (unpaired) electrons. The summed E-state index contributed by atoms with van der Waals surface area (Å²) in [6.45, 7) is 4.25. The molecule has 164 valence electrons. The summed E-state index contributed by atoms with van der Waals surface area (Å²) in [5.74, 6) is 0.225. The van der Waals surface area contributed by atoms with Crippen molar-refractivity contribution in [1.82, 2.24) is 4.90 Å². The topological polar surface area (TPSA) is 57.6 Å². The molecule has 1 heterocycles. The van der Waals surface area contributed by atoms with Gasteiger partial charge in [0.15, 0.2) is 5.78 Å². The van der Waals surface area contributed by atoms with Crippen molar-refractivity contribution in [3.63, 3.8) is 0 Å². The maximum absolute atomic E-state index is 13.1. The number of ketones is 1. The van der Waals surface area contributed by atoms with E-state index in [1.165, 1.54) is 0 Å². The first-order chi connectivity index (χ1) is 14.7. The third-order valence-electron chi connectivity index (χ3n) is 6.95. The zero-order chi connectivity index (χ0) is 22.2. The summed E-state index contributed by atoms with van der Waals surface area (Å²) >= 11 is 6.60. The molecule has 1 saturated heterocycles. The maximum atomic E-state index is 13.1. The summed E-state index contributed by atoms with van der Waals surface area (Å²) < 4.78 is 0. The number of hydrogen-bond donors (Lipinski definition) is 1. The van der Waals surface area contributed by atoms with E-state index in [9.17, 15) is 14.7 Å². The van der Waals surface area contributed by atoms with Crippen LogP contribution in [0.5, 0.6) is 0 Å². The van der Waals surface area contributed by atoms with Crippen molar-refractivity contribution < 1.29 is 14.7 Å². The molecule has 2 aromatic rings. The van der Waals surface area contributed by atoms with Crippen LogP contribution in [0.2, 0.25) is 5.02 Å². The first-order valence-electron chi connectivity index (χ1n) is 11.2. The summed E-state index contributed by atoms with van der Waals surface area (Å²) in [5, 5.41) is 10.8. The van der Waals surface area contributed by atoms with Gasteiger partial charge in [-0.05, 0) is 81.2 Å². The first kappa shape index (κ1) is 22.0. The van der Waals surface area contributed by atoms with Crippen molar-refractivity contribution in [2.75, 3.05) is 6.54 Å². The van der Waals surface area contributed by atoms with Gasteiger partial charge < -0.3 is 10.0 Å². The second-order valence-corrected chi connectivity index (χ2v) is 9.80. The molecule has 0 aromatic heterocycles. The van der Waals surface area contributed by atoms with Gasteiger partial charge in [-0.1, -0.05) is 41.9 Å². The molecular weight excluding hydrogens is 410 g/mol. The van der Waals surface area contributed by atoms with Crippen molar-refractivity contribution in [3.05, 3.63) is 58.6 Å². The van der Waals surface area contributed by atoms with Gasteiger partial charge in [0.25, 0.3) is 0 Å². The monoisotopic (exact) mass is 439 g/mol. The molecule has 1 aliphatic heterocycles. The van der Waals surface area contributed by atoms with E-state index in [-0.39, 0.29) is 23.7 Å². The molecule has 2 fully saturated rings. The standard InChI is InChI=1S/C26H30ClNO3/c1-17(29)18-4-3-5-19(14-18)20-6-7-21(24(27)16-20)15-22-10-13-28(25(22)30)23-8-11-26(2,31)12-9-23/h3-7,14,16,22-23,31H,8-13,15H2,1-2H3. The SMILES string of the molecule is CC(=O)c1cccc(-c2ccc(CC3CCN(C4CCC(C)(O)CC4)C3=O)c(Cl)c2)c1. The first-order valence-corrected chi connectivity index (χ1v) is 11.5. The fraction of sp³-hybridized carbons (Fsp3) is 0.462. The quantitative estimate of drug-likeness (QED) is 0.643. The largest absolute Gasteiger partial charge is 0.390 e. The van der Waals surface area contributed by atoms with Gasteiger partial charge in [0.1, 0.15) is 0 Å². The van der Waals surface area contributed by atoms with Crippen LogP contribution in [0, 0.1) is 5.92 Å². The minimum atomic E-state index is -0.585. The van der Waals surface area contributed by atoms with Gasteiger partial charge in [0.05, 0.1) is 5.60 Å². The van der Waals surface area contributed by atoms with Crippen LogP contribution in [0.25, 0.3) is 11.1 Å². The smallest absolute Gasteiger partial charge is 0.226 e. The van der Waals surface area contributed by atoms with E-state index in [1.807, 2.05) is 54.3 Å². The zero-order valence-corrected chi connectivity index (χ0v) is 19.0. The number of Topliss-reactive ketones (excluding diaryl/α,β-unsaturated/α-hetero) is 1.